The third kappa shape index (κ3) is 3.68. The minimum Gasteiger partial charge on any atom is -0.322 e. The highest BCUT2D eigenvalue weighted by Crippen LogP contribution is 2.16. The lowest BCUT2D eigenvalue weighted by Crippen LogP contribution is -2.14. The second-order valence-electron chi connectivity index (χ2n) is 4.45. The molecule has 0 saturated carbocycles. The third-order valence-corrected chi connectivity index (χ3v) is 2.99. The van der Waals surface area contributed by atoms with E-state index in [1.165, 1.54) is 12.1 Å². The molecule has 3 nitrogen and oxygen atoms in total. The van der Waals surface area contributed by atoms with Crippen LogP contribution in [-0.4, -0.2) is 12.5 Å². The fraction of sp³-hybridized carbons (Fsp3) is 0.118. The van der Waals surface area contributed by atoms with Gasteiger partial charge in [0, 0.05) is 16.8 Å². The van der Waals surface area contributed by atoms with Crippen LogP contribution in [0.2, 0.25) is 0 Å². The maximum absolute atomic E-state index is 13.1. The van der Waals surface area contributed by atoms with Gasteiger partial charge in [0.1, 0.15) is 5.82 Å². The maximum Gasteiger partial charge on any atom is 0.255 e. The van der Waals surface area contributed by atoms with Crippen molar-refractivity contribution in [2.75, 3.05) is 11.9 Å². The van der Waals surface area contributed by atoms with Gasteiger partial charge in [-0.2, -0.15) is 0 Å². The summed E-state index contributed by atoms with van der Waals surface area (Å²) in [5.41, 5.74) is 7.80. The average molecular weight is 282 g/mol. The smallest absolute Gasteiger partial charge is 0.255 e. The average Bonchev–Trinajstić information content (AvgIpc) is 2.46. The Labute approximate surface area is 123 Å². The minimum atomic E-state index is -0.396. The van der Waals surface area contributed by atoms with Crippen molar-refractivity contribution in [3.05, 3.63) is 65.0 Å². The number of rotatable bonds is 2. The standard InChI is InChI=1S/C17H15FN2O/c1-12-13(6-4-10-19)5-2-9-16(12)17(21)20-15-8-3-7-14(18)11-15/h2-3,5,7-9,11H,10,19H2,1H3,(H,20,21). The van der Waals surface area contributed by atoms with Crippen LogP contribution < -0.4 is 11.1 Å². The highest BCUT2D eigenvalue weighted by molar-refractivity contribution is 6.05. The van der Waals surface area contributed by atoms with Crippen LogP contribution in [0, 0.1) is 24.6 Å². The first-order valence-electron chi connectivity index (χ1n) is 6.47. The van der Waals surface area contributed by atoms with Gasteiger partial charge < -0.3 is 11.1 Å². The van der Waals surface area contributed by atoms with Gasteiger partial charge in [0.25, 0.3) is 5.91 Å². The van der Waals surface area contributed by atoms with E-state index in [2.05, 4.69) is 17.2 Å². The first kappa shape index (κ1) is 14.8. The summed E-state index contributed by atoms with van der Waals surface area (Å²) in [6.45, 7) is 2.08. The molecule has 2 rings (SSSR count). The van der Waals surface area contributed by atoms with Crippen LogP contribution in [0.25, 0.3) is 0 Å². The molecule has 21 heavy (non-hydrogen) atoms. The number of hydrogen-bond acceptors (Lipinski definition) is 2. The minimum absolute atomic E-state index is 0.263. The summed E-state index contributed by atoms with van der Waals surface area (Å²) in [5, 5.41) is 2.67. The molecule has 2 aromatic carbocycles. The summed E-state index contributed by atoms with van der Waals surface area (Å²) in [6.07, 6.45) is 0. The van der Waals surface area contributed by atoms with E-state index in [0.29, 0.717) is 11.3 Å². The van der Waals surface area contributed by atoms with E-state index in [-0.39, 0.29) is 12.5 Å². The molecule has 106 valence electrons. The highest BCUT2D eigenvalue weighted by Gasteiger charge is 2.11. The molecule has 0 atom stereocenters. The van der Waals surface area contributed by atoms with Gasteiger partial charge in [0.15, 0.2) is 0 Å². The van der Waals surface area contributed by atoms with Crippen LogP contribution in [0.15, 0.2) is 42.5 Å². The number of nitrogens with two attached hydrogens (primary N) is 1. The van der Waals surface area contributed by atoms with Crippen LogP contribution >= 0.6 is 0 Å². The molecule has 3 N–H and O–H groups in total. The van der Waals surface area contributed by atoms with E-state index in [1.807, 2.05) is 13.0 Å². The molecular formula is C17H15FN2O. The summed E-state index contributed by atoms with van der Waals surface area (Å²) in [7, 11) is 0. The quantitative estimate of drug-likeness (QED) is 0.832. The normalized spacial score (nSPS) is 9.67. The van der Waals surface area contributed by atoms with Crippen LogP contribution in [-0.2, 0) is 0 Å². The summed E-state index contributed by atoms with van der Waals surface area (Å²) >= 11 is 0. The molecule has 0 fully saturated rings. The van der Waals surface area contributed by atoms with Crippen molar-refractivity contribution in [2.24, 2.45) is 5.73 Å². The van der Waals surface area contributed by atoms with E-state index >= 15 is 0 Å². The molecular weight excluding hydrogens is 267 g/mol. The molecule has 2 aromatic rings. The van der Waals surface area contributed by atoms with Crippen molar-refractivity contribution in [3.63, 3.8) is 0 Å². The van der Waals surface area contributed by atoms with Gasteiger partial charge in [0.05, 0.1) is 6.54 Å². The van der Waals surface area contributed by atoms with E-state index in [0.717, 1.165) is 11.1 Å². The lowest BCUT2D eigenvalue weighted by Gasteiger charge is -2.09. The van der Waals surface area contributed by atoms with Crippen molar-refractivity contribution in [1.82, 2.24) is 0 Å². The Morgan fingerprint density at radius 1 is 1.29 bits per heavy atom. The number of nitrogens with one attached hydrogen (secondary N) is 1. The first-order chi connectivity index (χ1) is 10.1. The molecule has 0 radical (unpaired) electrons. The molecule has 0 saturated heterocycles. The SMILES string of the molecule is Cc1c(C#CCN)cccc1C(=O)Nc1cccc(F)c1. The predicted molar refractivity (Wildman–Crippen MR) is 81.5 cm³/mol. The third-order valence-electron chi connectivity index (χ3n) is 2.99. The van der Waals surface area contributed by atoms with Gasteiger partial charge >= 0.3 is 0 Å². The second-order valence-corrected chi connectivity index (χ2v) is 4.45. The largest absolute Gasteiger partial charge is 0.322 e. The van der Waals surface area contributed by atoms with E-state index in [9.17, 15) is 9.18 Å². The van der Waals surface area contributed by atoms with Crippen molar-refractivity contribution in [2.45, 2.75) is 6.92 Å². The van der Waals surface area contributed by atoms with Crippen molar-refractivity contribution in [1.29, 1.82) is 0 Å². The van der Waals surface area contributed by atoms with Crippen LogP contribution in [0.5, 0.6) is 0 Å². The Balaban J connectivity index is 2.27. The van der Waals surface area contributed by atoms with Gasteiger partial charge in [-0.25, -0.2) is 4.39 Å². The van der Waals surface area contributed by atoms with E-state index < -0.39 is 5.82 Å². The van der Waals surface area contributed by atoms with Crippen LogP contribution in [0.1, 0.15) is 21.5 Å². The number of benzene rings is 2. The summed E-state index contributed by atoms with van der Waals surface area (Å²) in [4.78, 5) is 12.3. The van der Waals surface area contributed by atoms with Crippen LogP contribution in [0.3, 0.4) is 0 Å². The predicted octanol–water partition coefficient (Wildman–Crippen LogP) is 2.70. The van der Waals surface area contributed by atoms with Gasteiger partial charge in [0.2, 0.25) is 0 Å². The molecule has 4 heteroatoms. The molecule has 0 aromatic heterocycles. The Hall–Kier alpha value is -2.64. The number of carbonyl (C=O) groups is 1. The van der Waals surface area contributed by atoms with Gasteiger partial charge in [-0.15, -0.1) is 0 Å². The second kappa shape index (κ2) is 6.69. The molecule has 0 spiro atoms. The van der Waals surface area contributed by atoms with Crippen LogP contribution in [0.4, 0.5) is 10.1 Å². The van der Waals surface area contributed by atoms with Crippen molar-refractivity contribution < 1.29 is 9.18 Å². The Morgan fingerprint density at radius 2 is 2.05 bits per heavy atom. The molecule has 0 heterocycles. The number of halogens is 1. The molecule has 1 amide bonds. The summed E-state index contributed by atoms with van der Waals surface area (Å²) in [5.74, 6) is 5.00. The van der Waals surface area contributed by atoms with Crippen molar-refractivity contribution in [3.8, 4) is 11.8 Å². The molecule has 0 bridgehead atoms. The van der Waals surface area contributed by atoms with E-state index in [1.54, 1.807) is 24.3 Å². The van der Waals surface area contributed by atoms with E-state index in [4.69, 9.17) is 5.73 Å². The topological polar surface area (TPSA) is 55.1 Å². The molecule has 0 aliphatic rings. The molecule has 0 unspecified atom stereocenters. The zero-order chi connectivity index (χ0) is 15.2. The monoisotopic (exact) mass is 282 g/mol. The lowest BCUT2D eigenvalue weighted by molar-refractivity contribution is 0.102. The first-order valence-corrected chi connectivity index (χ1v) is 6.47. The number of carbonyl (C=O) groups excluding carboxylic acids is 1. The zero-order valence-electron chi connectivity index (χ0n) is 11.6. The summed E-state index contributed by atoms with van der Waals surface area (Å²) < 4.78 is 13.1. The van der Waals surface area contributed by atoms with Gasteiger partial charge in [-0.3, -0.25) is 4.79 Å². The number of amides is 1. The Bertz CT molecular complexity index is 729. The number of anilines is 1. The fourth-order valence-corrected chi connectivity index (χ4v) is 1.93. The van der Waals surface area contributed by atoms with Gasteiger partial charge in [-0.1, -0.05) is 24.0 Å². The van der Waals surface area contributed by atoms with Gasteiger partial charge in [-0.05, 0) is 42.8 Å². The summed E-state index contributed by atoms with van der Waals surface area (Å²) in [6, 6.07) is 11.1. The zero-order valence-corrected chi connectivity index (χ0v) is 11.6. The lowest BCUT2D eigenvalue weighted by atomic mass is 10.0. The Kier molecular flexibility index (Phi) is 4.70. The Morgan fingerprint density at radius 3 is 2.76 bits per heavy atom. The maximum atomic E-state index is 13.1. The number of hydrogen-bond donors (Lipinski definition) is 2. The molecule has 0 aliphatic heterocycles. The van der Waals surface area contributed by atoms with Crippen molar-refractivity contribution >= 4 is 11.6 Å². The fourth-order valence-electron chi connectivity index (χ4n) is 1.93. The highest BCUT2D eigenvalue weighted by atomic mass is 19.1. The molecule has 0 aliphatic carbocycles.